The third kappa shape index (κ3) is 0.917. The molecule has 1 nitrogen and oxygen atoms in total. The number of fused-ring (bicyclic) bond motifs is 3. The van der Waals surface area contributed by atoms with Gasteiger partial charge in [0.25, 0.3) is 0 Å². The van der Waals surface area contributed by atoms with E-state index in [-0.39, 0.29) is 10.8 Å². The average Bonchev–Trinajstić information content (AvgIpc) is 2.50. The number of rotatable bonds is 2. The van der Waals surface area contributed by atoms with Gasteiger partial charge in [-0.3, -0.25) is 0 Å². The molecule has 1 N–H and O–H groups in total. The largest absolute Gasteiger partial charge is 0.396 e. The molecule has 1 heteroatoms. The summed E-state index contributed by atoms with van der Waals surface area (Å²) >= 11 is 0. The van der Waals surface area contributed by atoms with Gasteiger partial charge in [0.2, 0.25) is 0 Å². The van der Waals surface area contributed by atoms with Crippen LogP contribution in [0.25, 0.3) is 0 Å². The van der Waals surface area contributed by atoms with Gasteiger partial charge >= 0.3 is 0 Å². The fourth-order valence-electron chi connectivity index (χ4n) is 4.38. The van der Waals surface area contributed by atoms with Gasteiger partial charge < -0.3 is 5.11 Å². The molecule has 3 atom stereocenters. The Morgan fingerprint density at radius 3 is 2.81 bits per heavy atom. The van der Waals surface area contributed by atoms with Crippen LogP contribution in [0.4, 0.5) is 0 Å². The molecule has 1 aromatic carbocycles. The van der Waals surface area contributed by atoms with Crippen molar-refractivity contribution in [2.75, 3.05) is 6.61 Å². The number of hydrogen-bond donors (Lipinski definition) is 1. The Morgan fingerprint density at radius 1 is 1.38 bits per heavy atom. The maximum absolute atomic E-state index is 9.89. The molecule has 0 aromatic heterocycles. The predicted molar refractivity (Wildman–Crippen MR) is 65.4 cm³/mol. The van der Waals surface area contributed by atoms with Gasteiger partial charge in [-0.1, -0.05) is 44.5 Å². The van der Waals surface area contributed by atoms with Crippen molar-refractivity contribution >= 4 is 0 Å². The topological polar surface area (TPSA) is 20.2 Å². The molecule has 2 aliphatic rings. The average molecular weight is 216 g/mol. The summed E-state index contributed by atoms with van der Waals surface area (Å²) in [6.07, 6.45) is 3.53. The number of benzene rings is 1. The second-order valence-electron chi connectivity index (χ2n) is 5.79. The minimum atomic E-state index is 0.144. The van der Waals surface area contributed by atoms with Gasteiger partial charge in [-0.15, -0.1) is 0 Å². The fraction of sp³-hybridized carbons (Fsp3) is 0.600. The Balaban J connectivity index is 2.11. The van der Waals surface area contributed by atoms with Gasteiger partial charge in [-0.2, -0.15) is 0 Å². The highest BCUT2D eigenvalue weighted by atomic mass is 16.3. The minimum absolute atomic E-state index is 0.144. The number of aliphatic hydroxyl groups is 1. The smallest absolute Gasteiger partial charge is 0.0501 e. The highest BCUT2D eigenvalue weighted by Gasteiger charge is 2.65. The van der Waals surface area contributed by atoms with E-state index in [1.165, 1.54) is 24.0 Å². The maximum Gasteiger partial charge on any atom is 0.0501 e. The van der Waals surface area contributed by atoms with Gasteiger partial charge in [-0.25, -0.2) is 0 Å². The quantitative estimate of drug-likeness (QED) is 0.806. The highest BCUT2D eigenvalue weighted by Crippen LogP contribution is 2.68. The summed E-state index contributed by atoms with van der Waals surface area (Å²) in [5.41, 5.74) is 3.34. The third-order valence-corrected chi connectivity index (χ3v) is 5.43. The van der Waals surface area contributed by atoms with Crippen LogP contribution >= 0.6 is 0 Å². The van der Waals surface area contributed by atoms with Crippen LogP contribution in [0.5, 0.6) is 0 Å². The summed E-state index contributed by atoms with van der Waals surface area (Å²) in [6.45, 7) is 4.95. The maximum atomic E-state index is 9.89. The van der Waals surface area contributed by atoms with Gasteiger partial charge in [0, 0.05) is 10.8 Å². The van der Waals surface area contributed by atoms with E-state index < -0.39 is 0 Å². The molecule has 1 aromatic rings. The molecule has 0 spiro atoms. The van der Waals surface area contributed by atoms with Crippen molar-refractivity contribution < 1.29 is 5.11 Å². The monoisotopic (exact) mass is 216 g/mol. The Labute approximate surface area is 97.5 Å². The Bertz CT molecular complexity index is 425. The SMILES string of the molecule is CC[C@@H]1C[C@]2(C)c3ccccc3C[C@]12CO. The first-order chi connectivity index (χ1) is 7.68. The zero-order valence-electron chi connectivity index (χ0n) is 10.2. The number of hydrogen-bond acceptors (Lipinski definition) is 1. The van der Waals surface area contributed by atoms with Crippen molar-refractivity contribution in [1.29, 1.82) is 0 Å². The first-order valence-electron chi connectivity index (χ1n) is 6.37. The molecule has 0 bridgehead atoms. The molecule has 86 valence electrons. The molecular formula is C15H20O. The first kappa shape index (κ1) is 10.3. The summed E-state index contributed by atoms with van der Waals surface area (Å²) in [5.74, 6) is 0.704. The van der Waals surface area contributed by atoms with Crippen molar-refractivity contribution in [2.45, 2.75) is 38.5 Å². The molecule has 0 unspecified atom stereocenters. The van der Waals surface area contributed by atoms with Crippen LogP contribution in [0.3, 0.4) is 0 Å². The van der Waals surface area contributed by atoms with Crippen LogP contribution in [0.1, 0.15) is 37.8 Å². The molecule has 16 heavy (non-hydrogen) atoms. The van der Waals surface area contributed by atoms with Crippen LogP contribution in [0.15, 0.2) is 24.3 Å². The lowest BCUT2D eigenvalue weighted by atomic mass is 9.44. The fourth-order valence-corrected chi connectivity index (χ4v) is 4.38. The van der Waals surface area contributed by atoms with E-state index in [0.29, 0.717) is 12.5 Å². The van der Waals surface area contributed by atoms with Crippen LogP contribution in [0.2, 0.25) is 0 Å². The van der Waals surface area contributed by atoms with Crippen LogP contribution in [0, 0.1) is 11.3 Å². The summed E-state index contributed by atoms with van der Waals surface area (Å²) < 4.78 is 0. The van der Waals surface area contributed by atoms with Crippen molar-refractivity contribution in [1.82, 2.24) is 0 Å². The van der Waals surface area contributed by atoms with Gasteiger partial charge in [0.05, 0.1) is 6.61 Å². The van der Waals surface area contributed by atoms with Crippen LogP contribution in [-0.2, 0) is 11.8 Å². The second-order valence-corrected chi connectivity index (χ2v) is 5.79. The van der Waals surface area contributed by atoms with Crippen LogP contribution < -0.4 is 0 Å². The summed E-state index contributed by atoms with van der Waals surface area (Å²) in [7, 11) is 0. The van der Waals surface area contributed by atoms with Crippen molar-refractivity contribution in [2.24, 2.45) is 11.3 Å². The van der Waals surface area contributed by atoms with E-state index in [9.17, 15) is 5.11 Å². The van der Waals surface area contributed by atoms with Crippen molar-refractivity contribution in [3.8, 4) is 0 Å². The van der Waals surface area contributed by atoms with Crippen molar-refractivity contribution in [3.05, 3.63) is 35.4 Å². The predicted octanol–water partition coefficient (Wildman–Crippen LogP) is 2.91. The summed E-state index contributed by atoms with van der Waals surface area (Å²) in [4.78, 5) is 0. The Kier molecular flexibility index (Phi) is 2.00. The zero-order valence-corrected chi connectivity index (χ0v) is 10.2. The molecule has 0 saturated heterocycles. The molecule has 0 radical (unpaired) electrons. The van der Waals surface area contributed by atoms with E-state index in [2.05, 4.69) is 38.1 Å². The molecule has 0 amide bonds. The molecule has 3 rings (SSSR count). The second kappa shape index (κ2) is 3.10. The molecule has 0 heterocycles. The normalized spacial score (nSPS) is 40.1. The van der Waals surface area contributed by atoms with E-state index in [4.69, 9.17) is 0 Å². The summed E-state index contributed by atoms with van der Waals surface area (Å²) in [5, 5.41) is 9.89. The van der Waals surface area contributed by atoms with E-state index in [0.717, 1.165) is 6.42 Å². The zero-order chi connectivity index (χ0) is 11.4. The van der Waals surface area contributed by atoms with Gasteiger partial charge in [-0.05, 0) is 29.9 Å². The van der Waals surface area contributed by atoms with E-state index >= 15 is 0 Å². The molecule has 1 saturated carbocycles. The summed E-state index contributed by atoms with van der Waals surface area (Å²) in [6, 6.07) is 8.76. The van der Waals surface area contributed by atoms with E-state index in [1.54, 1.807) is 0 Å². The lowest BCUT2D eigenvalue weighted by Gasteiger charge is -2.60. The molecule has 0 aliphatic heterocycles. The first-order valence-corrected chi connectivity index (χ1v) is 6.37. The molecule has 1 fully saturated rings. The van der Waals surface area contributed by atoms with Gasteiger partial charge in [0.1, 0.15) is 0 Å². The number of aliphatic hydroxyl groups excluding tert-OH is 1. The molecular weight excluding hydrogens is 196 g/mol. The highest BCUT2D eigenvalue weighted by molar-refractivity contribution is 5.47. The molecule has 2 aliphatic carbocycles. The lowest BCUT2D eigenvalue weighted by Crippen LogP contribution is -2.59. The minimum Gasteiger partial charge on any atom is -0.396 e. The standard InChI is InChI=1S/C15H20O/c1-3-12-9-14(2)13-7-5-4-6-11(13)8-15(12,14)10-16/h4-7,12,16H,3,8-10H2,1-2H3/t12-,14-,15+/m1/s1. The van der Waals surface area contributed by atoms with Crippen molar-refractivity contribution in [3.63, 3.8) is 0 Å². The Morgan fingerprint density at radius 2 is 2.12 bits per heavy atom. The third-order valence-electron chi connectivity index (χ3n) is 5.43. The Hall–Kier alpha value is -0.820. The lowest BCUT2D eigenvalue weighted by molar-refractivity contribution is -0.0999. The van der Waals surface area contributed by atoms with E-state index in [1.807, 2.05) is 0 Å². The van der Waals surface area contributed by atoms with Gasteiger partial charge in [0.15, 0.2) is 0 Å². The van der Waals surface area contributed by atoms with Crippen LogP contribution in [-0.4, -0.2) is 11.7 Å².